The molecule has 0 radical (unpaired) electrons. The number of rotatable bonds is 11. The van der Waals surface area contributed by atoms with Crippen molar-refractivity contribution in [2.75, 3.05) is 20.3 Å². The average molecular weight is 467 g/mol. The van der Waals surface area contributed by atoms with E-state index in [0.717, 1.165) is 25.7 Å². The highest BCUT2D eigenvalue weighted by molar-refractivity contribution is 7.48. The fraction of sp³-hybridized carbons (Fsp3) is 1.00. The average Bonchev–Trinajstić information content (AvgIpc) is 3.17. The largest absolute Gasteiger partial charge is 0.475 e. The third kappa shape index (κ3) is 5.89. The molecule has 2 aliphatic heterocycles. The van der Waals surface area contributed by atoms with Crippen LogP contribution in [0.3, 0.4) is 0 Å². The van der Waals surface area contributed by atoms with Crippen molar-refractivity contribution in [2.24, 2.45) is 0 Å². The van der Waals surface area contributed by atoms with Crippen molar-refractivity contribution in [1.82, 2.24) is 0 Å². The zero-order valence-electron chi connectivity index (χ0n) is 19.8. The lowest BCUT2D eigenvalue weighted by Crippen LogP contribution is -2.62. The van der Waals surface area contributed by atoms with Gasteiger partial charge in [-0.25, -0.2) is 4.57 Å². The molecule has 2 heterocycles. The summed E-state index contributed by atoms with van der Waals surface area (Å²) in [4.78, 5) is 0. The second-order valence-corrected chi connectivity index (χ2v) is 10.8. The van der Waals surface area contributed by atoms with E-state index in [9.17, 15) is 4.57 Å². The van der Waals surface area contributed by atoms with E-state index >= 15 is 0 Å². The van der Waals surface area contributed by atoms with Crippen LogP contribution < -0.4 is 0 Å². The molecule has 6 atom stereocenters. The third-order valence-corrected chi connectivity index (χ3v) is 7.14. The van der Waals surface area contributed by atoms with Crippen molar-refractivity contribution < 1.29 is 41.8 Å². The molecule has 9 nitrogen and oxygen atoms in total. The number of hydrogen-bond acceptors (Lipinski definition) is 9. The van der Waals surface area contributed by atoms with Gasteiger partial charge in [-0.3, -0.25) is 13.6 Å². The maximum absolute atomic E-state index is 13.6. The zero-order chi connectivity index (χ0) is 22.9. The quantitative estimate of drug-likeness (QED) is 0.328. The fourth-order valence-electron chi connectivity index (χ4n) is 4.30. The van der Waals surface area contributed by atoms with Crippen molar-refractivity contribution in [3.05, 3.63) is 0 Å². The van der Waals surface area contributed by atoms with Crippen LogP contribution in [-0.2, 0) is 41.8 Å². The summed E-state index contributed by atoms with van der Waals surface area (Å²) < 4.78 is 61.4. The van der Waals surface area contributed by atoms with Crippen molar-refractivity contribution in [3.8, 4) is 0 Å². The molecule has 3 fully saturated rings. The molecule has 182 valence electrons. The van der Waals surface area contributed by atoms with Gasteiger partial charge in [0.15, 0.2) is 11.6 Å². The minimum absolute atomic E-state index is 0.278. The number of ether oxygens (including phenoxy) is 5. The Labute approximate surface area is 185 Å². The molecule has 1 aliphatic carbocycles. The summed E-state index contributed by atoms with van der Waals surface area (Å²) in [5, 5.41) is 0. The molecular formula is C21H39O9P. The molecule has 0 spiro atoms. The van der Waals surface area contributed by atoms with Crippen LogP contribution in [0.2, 0.25) is 0 Å². The van der Waals surface area contributed by atoms with Gasteiger partial charge in [0.2, 0.25) is 0 Å². The molecule has 2 saturated heterocycles. The zero-order valence-corrected chi connectivity index (χ0v) is 20.7. The standard InChI is InChI=1S/C21H39O9P/c1-8-10-12-24-31(22,25-13-11-9-2)30-19-14(23-7)15-16(27-20(3,4)26-15)17-18(19)29-21(5,6)28-17/h14-19H,8-13H2,1-7H3. The van der Waals surface area contributed by atoms with Crippen LogP contribution >= 0.6 is 7.82 Å². The third-order valence-electron chi connectivity index (χ3n) is 5.64. The van der Waals surface area contributed by atoms with E-state index in [2.05, 4.69) is 0 Å². The minimum Gasteiger partial charge on any atom is -0.376 e. The van der Waals surface area contributed by atoms with Gasteiger partial charge >= 0.3 is 7.82 Å². The van der Waals surface area contributed by atoms with Gasteiger partial charge in [0.25, 0.3) is 0 Å². The molecular weight excluding hydrogens is 427 g/mol. The van der Waals surface area contributed by atoms with E-state index in [1.807, 2.05) is 41.5 Å². The van der Waals surface area contributed by atoms with Gasteiger partial charge in [-0.15, -0.1) is 0 Å². The van der Waals surface area contributed by atoms with Crippen LogP contribution in [0.15, 0.2) is 0 Å². The lowest BCUT2D eigenvalue weighted by atomic mass is 9.85. The van der Waals surface area contributed by atoms with Crippen LogP contribution in [0.1, 0.15) is 67.2 Å². The summed E-state index contributed by atoms with van der Waals surface area (Å²) in [7, 11) is -2.30. The first-order valence-electron chi connectivity index (χ1n) is 11.4. The van der Waals surface area contributed by atoms with Crippen molar-refractivity contribution >= 4 is 7.82 Å². The van der Waals surface area contributed by atoms with Crippen molar-refractivity contribution in [2.45, 2.75) is 115 Å². The van der Waals surface area contributed by atoms with Crippen LogP contribution in [-0.4, -0.2) is 68.5 Å². The molecule has 0 aromatic rings. The molecule has 3 aliphatic rings. The lowest BCUT2D eigenvalue weighted by molar-refractivity contribution is -0.187. The first-order chi connectivity index (χ1) is 14.5. The van der Waals surface area contributed by atoms with Gasteiger partial charge in [0, 0.05) is 7.11 Å². The SMILES string of the molecule is CCCCOP(=O)(OCCCC)OC1C(OC)C2OC(C)(C)OC2C2OC(C)(C)OC21. The Bertz CT molecular complexity index is 626. The van der Waals surface area contributed by atoms with E-state index < -0.39 is 56.0 Å². The van der Waals surface area contributed by atoms with Crippen LogP contribution in [0.5, 0.6) is 0 Å². The highest BCUT2D eigenvalue weighted by Gasteiger charge is 2.65. The van der Waals surface area contributed by atoms with E-state index in [0.29, 0.717) is 0 Å². The second kappa shape index (κ2) is 10.0. The number of phosphoric ester groups is 1. The Morgan fingerprint density at radius 2 is 1.16 bits per heavy atom. The number of methoxy groups -OCH3 is 1. The Kier molecular flexibility index (Phi) is 8.27. The predicted octanol–water partition coefficient (Wildman–Crippen LogP) is 4.18. The number of unbranched alkanes of at least 4 members (excludes halogenated alkanes) is 2. The van der Waals surface area contributed by atoms with Crippen LogP contribution in [0.25, 0.3) is 0 Å². The molecule has 0 aromatic heterocycles. The van der Waals surface area contributed by atoms with Crippen LogP contribution in [0.4, 0.5) is 0 Å². The van der Waals surface area contributed by atoms with Gasteiger partial charge in [-0.1, -0.05) is 26.7 Å². The summed E-state index contributed by atoms with van der Waals surface area (Å²) in [6.07, 6.45) is -0.0499. The van der Waals surface area contributed by atoms with Gasteiger partial charge in [0.1, 0.15) is 36.6 Å². The highest BCUT2D eigenvalue weighted by atomic mass is 31.2. The predicted molar refractivity (Wildman–Crippen MR) is 113 cm³/mol. The molecule has 31 heavy (non-hydrogen) atoms. The summed E-state index contributed by atoms with van der Waals surface area (Å²) >= 11 is 0. The minimum atomic E-state index is -3.87. The van der Waals surface area contributed by atoms with Crippen molar-refractivity contribution in [1.29, 1.82) is 0 Å². The van der Waals surface area contributed by atoms with E-state index in [1.54, 1.807) is 7.11 Å². The topological polar surface area (TPSA) is 90.9 Å². The molecule has 0 aromatic carbocycles. The Morgan fingerprint density at radius 3 is 1.58 bits per heavy atom. The van der Waals surface area contributed by atoms with E-state index in [1.165, 1.54) is 0 Å². The monoisotopic (exact) mass is 466 g/mol. The Morgan fingerprint density at radius 1 is 0.742 bits per heavy atom. The Hall–Kier alpha value is -0.0900. The summed E-state index contributed by atoms with van der Waals surface area (Å²) in [6, 6.07) is 0. The first-order valence-corrected chi connectivity index (χ1v) is 12.8. The lowest BCUT2D eigenvalue weighted by Gasteiger charge is -2.42. The van der Waals surface area contributed by atoms with Crippen LogP contribution in [0, 0.1) is 0 Å². The summed E-state index contributed by atoms with van der Waals surface area (Å²) in [5.41, 5.74) is 0. The fourth-order valence-corrected chi connectivity index (χ4v) is 5.74. The molecule has 0 N–H and O–H groups in total. The van der Waals surface area contributed by atoms with Crippen molar-refractivity contribution in [3.63, 3.8) is 0 Å². The summed E-state index contributed by atoms with van der Waals surface area (Å²) in [5.74, 6) is -1.68. The van der Waals surface area contributed by atoms with Gasteiger partial charge < -0.3 is 23.7 Å². The normalized spacial score (nSPS) is 36.4. The van der Waals surface area contributed by atoms with E-state index in [-0.39, 0.29) is 13.2 Å². The molecule has 6 unspecified atom stereocenters. The molecule has 1 saturated carbocycles. The highest BCUT2D eigenvalue weighted by Crippen LogP contribution is 2.55. The van der Waals surface area contributed by atoms with Gasteiger partial charge in [-0.05, 0) is 40.5 Å². The molecule has 3 rings (SSSR count). The molecule has 10 heteroatoms. The number of hydrogen-bond donors (Lipinski definition) is 0. The Balaban J connectivity index is 1.87. The number of phosphoric acid groups is 1. The van der Waals surface area contributed by atoms with Gasteiger partial charge in [-0.2, -0.15) is 0 Å². The first kappa shape index (κ1) is 25.5. The second-order valence-electron chi connectivity index (χ2n) is 9.22. The number of fused-ring (bicyclic) bond motifs is 3. The maximum Gasteiger partial charge on any atom is 0.475 e. The smallest absolute Gasteiger partial charge is 0.376 e. The maximum atomic E-state index is 13.6. The summed E-state index contributed by atoms with van der Waals surface area (Å²) in [6.45, 7) is 12.0. The van der Waals surface area contributed by atoms with E-state index in [4.69, 9.17) is 37.3 Å². The molecule has 0 bridgehead atoms. The van der Waals surface area contributed by atoms with Gasteiger partial charge in [0.05, 0.1) is 13.2 Å². The molecule has 0 amide bonds.